The van der Waals surface area contributed by atoms with Crippen LogP contribution in [0.2, 0.25) is 0 Å². The van der Waals surface area contributed by atoms with Crippen molar-refractivity contribution in [3.8, 4) is 11.1 Å². The molecule has 0 bridgehead atoms. The Bertz CT molecular complexity index is 981. The van der Waals surface area contributed by atoms with Crippen LogP contribution in [-0.4, -0.2) is 20.5 Å². The van der Waals surface area contributed by atoms with Crippen molar-refractivity contribution in [1.82, 2.24) is 14.6 Å². The minimum absolute atomic E-state index is 0.0817. The molecule has 0 aliphatic rings. The molecule has 3 rings (SSSR count). The molecule has 1 aromatic carbocycles. The summed E-state index contributed by atoms with van der Waals surface area (Å²) in [4.78, 5) is 15.4. The zero-order chi connectivity index (χ0) is 18.4. The van der Waals surface area contributed by atoms with Crippen LogP contribution in [0.4, 0.5) is 19.1 Å². The van der Waals surface area contributed by atoms with Crippen LogP contribution in [0.3, 0.4) is 0 Å². The van der Waals surface area contributed by atoms with Crippen molar-refractivity contribution in [2.24, 2.45) is 0 Å². The number of nitrogens with one attached hydrogen (secondary N) is 1. The maximum absolute atomic E-state index is 13.0. The summed E-state index contributed by atoms with van der Waals surface area (Å²) in [5.41, 5.74) is 1.19. The van der Waals surface area contributed by atoms with E-state index >= 15 is 0 Å². The first-order valence-electron chi connectivity index (χ1n) is 7.17. The average molecular weight is 413 g/mol. The number of aromatic nitrogens is 3. The summed E-state index contributed by atoms with van der Waals surface area (Å²) >= 11 is 3.38. The van der Waals surface area contributed by atoms with Gasteiger partial charge in [-0.15, -0.1) is 5.10 Å². The summed E-state index contributed by atoms with van der Waals surface area (Å²) in [6.45, 7) is 3.09. The van der Waals surface area contributed by atoms with E-state index in [0.717, 1.165) is 12.1 Å². The maximum Gasteiger partial charge on any atom is 0.416 e. The molecule has 130 valence electrons. The SMILES string of the molecule is CC(=O)Nc1nc2c(-c3cccc(C(F)(F)F)c3)c(C)c(Br)cn2n1. The van der Waals surface area contributed by atoms with Crippen LogP contribution in [0.1, 0.15) is 18.1 Å². The number of amides is 1. The van der Waals surface area contributed by atoms with Crippen LogP contribution in [0, 0.1) is 6.92 Å². The van der Waals surface area contributed by atoms with Crippen molar-refractivity contribution in [2.45, 2.75) is 20.0 Å². The molecule has 0 saturated carbocycles. The third-order valence-electron chi connectivity index (χ3n) is 3.59. The minimum Gasteiger partial charge on any atom is -0.293 e. The van der Waals surface area contributed by atoms with Gasteiger partial charge in [0.05, 0.1) is 5.56 Å². The molecule has 0 fully saturated rings. The number of nitrogens with zero attached hydrogens (tertiary/aromatic N) is 3. The fourth-order valence-electron chi connectivity index (χ4n) is 2.48. The number of rotatable bonds is 2. The molecule has 25 heavy (non-hydrogen) atoms. The first-order chi connectivity index (χ1) is 11.7. The number of anilines is 1. The molecule has 1 N–H and O–H groups in total. The van der Waals surface area contributed by atoms with Crippen LogP contribution in [0.15, 0.2) is 34.9 Å². The fourth-order valence-corrected chi connectivity index (χ4v) is 2.87. The van der Waals surface area contributed by atoms with Gasteiger partial charge in [-0.3, -0.25) is 10.1 Å². The molecule has 9 heteroatoms. The summed E-state index contributed by atoms with van der Waals surface area (Å²) < 4.78 is 41.2. The number of pyridine rings is 1. The van der Waals surface area contributed by atoms with Gasteiger partial charge in [0.2, 0.25) is 11.9 Å². The minimum atomic E-state index is -4.44. The van der Waals surface area contributed by atoms with Crippen LogP contribution in [0.5, 0.6) is 0 Å². The van der Waals surface area contributed by atoms with E-state index in [9.17, 15) is 18.0 Å². The molecule has 2 aromatic heterocycles. The normalized spacial score (nSPS) is 11.8. The van der Waals surface area contributed by atoms with Gasteiger partial charge in [-0.05, 0) is 46.1 Å². The lowest BCUT2D eigenvalue weighted by atomic mass is 10.00. The van der Waals surface area contributed by atoms with Gasteiger partial charge in [0.25, 0.3) is 0 Å². The van der Waals surface area contributed by atoms with Gasteiger partial charge in [0.15, 0.2) is 5.65 Å². The number of benzene rings is 1. The highest BCUT2D eigenvalue weighted by atomic mass is 79.9. The number of hydrogen-bond donors (Lipinski definition) is 1. The molecule has 3 aromatic rings. The lowest BCUT2D eigenvalue weighted by Crippen LogP contribution is -2.07. The van der Waals surface area contributed by atoms with Crippen molar-refractivity contribution >= 4 is 33.4 Å². The van der Waals surface area contributed by atoms with E-state index in [1.807, 2.05) is 0 Å². The molecular weight excluding hydrogens is 401 g/mol. The van der Waals surface area contributed by atoms with Crippen molar-refractivity contribution in [2.75, 3.05) is 5.32 Å². The van der Waals surface area contributed by atoms with Crippen molar-refractivity contribution < 1.29 is 18.0 Å². The van der Waals surface area contributed by atoms with Crippen molar-refractivity contribution in [3.05, 3.63) is 46.1 Å². The van der Waals surface area contributed by atoms with Crippen molar-refractivity contribution in [1.29, 1.82) is 0 Å². The average Bonchev–Trinajstić information content (AvgIpc) is 2.88. The molecule has 0 saturated heterocycles. The number of carbonyl (C=O) groups excluding carboxylic acids is 1. The fraction of sp³-hybridized carbons (Fsp3) is 0.188. The second-order valence-corrected chi connectivity index (χ2v) is 6.29. The first kappa shape index (κ1) is 17.4. The predicted molar refractivity (Wildman–Crippen MR) is 90.2 cm³/mol. The Morgan fingerprint density at radius 2 is 2.04 bits per heavy atom. The standard InChI is InChI=1S/C16H12BrF3N4O/c1-8-12(17)7-24-14(22-15(23-24)21-9(2)25)13(8)10-4-3-5-11(6-10)16(18,19)20/h3-7H,1-2H3,(H,21,23,25). The highest BCUT2D eigenvalue weighted by molar-refractivity contribution is 9.10. The zero-order valence-electron chi connectivity index (χ0n) is 13.1. The summed E-state index contributed by atoms with van der Waals surface area (Å²) in [5.74, 6) is -0.259. The van der Waals surface area contributed by atoms with Crippen LogP contribution in [-0.2, 0) is 11.0 Å². The maximum atomic E-state index is 13.0. The van der Waals surface area contributed by atoms with E-state index in [-0.39, 0.29) is 11.9 Å². The van der Waals surface area contributed by atoms with E-state index in [1.165, 1.54) is 17.5 Å². The van der Waals surface area contributed by atoms with Gasteiger partial charge < -0.3 is 0 Å². The molecular formula is C16H12BrF3N4O. The highest BCUT2D eigenvalue weighted by Gasteiger charge is 2.31. The van der Waals surface area contributed by atoms with E-state index in [0.29, 0.717) is 26.8 Å². The Balaban J connectivity index is 2.26. The third-order valence-corrected chi connectivity index (χ3v) is 4.39. The summed E-state index contributed by atoms with van der Waals surface area (Å²) in [6.07, 6.45) is -2.80. The Labute approximate surface area is 149 Å². The monoisotopic (exact) mass is 412 g/mol. The molecule has 0 aliphatic carbocycles. The lowest BCUT2D eigenvalue weighted by Gasteiger charge is -2.12. The first-order valence-corrected chi connectivity index (χ1v) is 7.97. The van der Waals surface area contributed by atoms with E-state index in [4.69, 9.17) is 0 Å². The summed E-state index contributed by atoms with van der Waals surface area (Å²) in [7, 11) is 0. The predicted octanol–water partition coefficient (Wildman–Crippen LogP) is 4.44. The van der Waals surface area contributed by atoms with Gasteiger partial charge in [0.1, 0.15) is 0 Å². The molecule has 0 unspecified atom stereocenters. The van der Waals surface area contributed by atoms with E-state index in [2.05, 4.69) is 31.3 Å². The topological polar surface area (TPSA) is 59.3 Å². The molecule has 1 amide bonds. The Kier molecular flexibility index (Phi) is 4.28. The molecule has 0 spiro atoms. The van der Waals surface area contributed by atoms with E-state index < -0.39 is 11.7 Å². The van der Waals surface area contributed by atoms with Gasteiger partial charge >= 0.3 is 6.18 Å². The molecule has 2 heterocycles. The largest absolute Gasteiger partial charge is 0.416 e. The number of hydrogen-bond acceptors (Lipinski definition) is 3. The quantitative estimate of drug-likeness (QED) is 0.676. The zero-order valence-corrected chi connectivity index (χ0v) is 14.7. The Morgan fingerprint density at radius 3 is 2.68 bits per heavy atom. The number of fused-ring (bicyclic) bond motifs is 1. The number of alkyl halides is 3. The Hall–Kier alpha value is -2.42. The van der Waals surface area contributed by atoms with E-state index in [1.54, 1.807) is 19.2 Å². The van der Waals surface area contributed by atoms with Gasteiger partial charge in [-0.25, -0.2) is 4.52 Å². The number of carbonyl (C=O) groups is 1. The third kappa shape index (κ3) is 3.37. The Morgan fingerprint density at radius 1 is 1.32 bits per heavy atom. The second kappa shape index (κ2) is 6.14. The molecule has 5 nitrogen and oxygen atoms in total. The highest BCUT2D eigenvalue weighted by Crippen LogP contribution is 2.36. The molecule has 0 aliphatic heterocycles. The van der Waals surface area contributed by atoms with Crippen LogP contribution < -0.4 is 5.32 Å². The van der Waals surface area contributed by atoms with Crippen LogP contribution in [0.25, 0.3) is 16.8 Å². The van der Waals surface area contributed by atoms with Gasteiger partial charge in [-0.2, -0.15) is 18.2 Å². The molecule has 0 radical (unpaired) electrons. The van der Waals surface area contributed by atoms with Crippen molar-refractivity contribution in [3.63, 3.8) is 0 Å². The summed E-state index contributed by atoms with van der Waals surface area (Å²) in [5, 5.41) is 6.60. The van der Waals surface area contributed by atoms with Gasteiger partial charge in [-0.1, -0.05) is 12.1 Å². The molecule has 0 atom stereocenters. The second-order valence-electron chi connectivity index (χ2n) is 5.44. The van der Waals surface area contributed by atoms with Crippen LogP contribution >= 0.6 is 15.9 Å². The smallest absolute Gasteiger partial charge is 0.293 e. The van der Waals surface area contributed by atoms with Gasteiger partial charge in [0, 0.05) is 23.2 Å². The lowest BCUT2D eigenvalue weighted by molar-refractivity contribution is -0.137. The summed E-state index contributed by atoms with van der Waals surface area (Å²) in [6, 6.07) is 5.01. The number of halogens is 4.